The van der Waals surface area contributed by atoms with Crippen LogP contribution in [0.5, 0.6) is 0 Å². The minimum absolute atomic E-state index is 0.180. The number of carbonyl (C=O) groups excluding carboxylic acids is 1. The van der Waals surface area contributed by atoms with Crippen LogP contribution < -0.4 is 11.1 Å². The Morgan fingerprint density at radius 2 is 2.29 bits per heavy atom. The zero-order valence-electron chi connectivity index (χ0n) is 10.7. The van der Waals surface area contributed by atoms with Gasteiger partial charge in [-0.3, -0.25) is 9.48 Å². The van der Waals surface area contributed by atoms with Crippen LogP contribution in [0.25, 0.3) is 11.0 Å². The lowest BCUT2D eigenvalue weighted by Gasteiger charge is -2.05. The maximum Gasteiger partial charge on any atom is 0.277 e. The Morgan fingerprint density at radius 3 is 3.10 bits per heavy atom. The lowest BCUT2D eigenvalue weighted by Crippen LogP contribution is -2.13. The third-order valence-corrected chi connectivity index (χ3v) is 3.60. The fraction of sp³-hybridized carbons (Fsp3) is 0.182. The first kappa shape index (κ1) is 13.9. The molecule has 0 aliphatic heterocycles. The molecule has 3 rings (SSSR count). The number of nitrogens with two attached hydrogens (primary N) is 1. The Bertz CT molecular complexity index is 799. The minimum Gasteiger partial charge on any atom is -0.329 e. The van der Waals surface area contributed by atoms with E-state index in [0.29, 0.717) is 34.8 Å². The highest BCUT2D eigenvalue weighted by Gasteiger charge is 2.16. The molecule has 0 saturated carbocycles. The second kappa shape index (κ2) is 5.72. The molecule has 21 heavy (non-hydrogen) atoms. The van der Waals surface area contributed by atoms with E-state index in [1.807, 2.05) is 0 Å². The second-order valence-electron chi connectivity index (χ2n) is 4.16. The van der Waals surface area contributed by atoms with Crippen molar-refractivity contribution in [2.45, 2.75) is 6.54 Å². The highest BCUT2D eigenvalue weighted by atomic mass is 35.5. The monoisotopic (exact) mass is 323 g/mol. The van der Waals surface area contributed by atoms with Crippen LogP contribution in [0.3, 0.4) is 0 Å². The third-order valence-electron chi connectivity index (χ3n) is 2.75. The van der Waals surface area contributed by atoms with Crippen LogP contribution in [-0.4, -0.2) is 36.2 Å². The highest BCUT2D eigenvalue weighted by Crippen LogP contribution is 2.30. The fourth-order valence-corrected chi connectivity index (χ4v) is 2.51. The van der Waals surface area contributed by atoms with Crippen molar-refractivity contribution in [2.24, 2.45) is 5.73 Å². The molecule has 3 aromatic rings. The largest absolute Gasteiger partial charge is 0.329 e. The Morgan fingerprint density at radius 1 is 1.43 bits per heavy atom. The fourth-order valence-electron chi connectivity index (χ4n) is 1.77. The number of hydrogen-bond acceptors (Lipinski definition) is 7. The molecule has 108 valence electrons. The summed E-state index contributed by atoms with van der Waals surface area (Å²) in [5.41, 5.74) is 7.24. The average Bonchev–Trinajstić information content (AvgIpc) is 3.11. The van der Waals surface area contributed by atoms with Crippen LogP contribution >= 0.6 is 23.3 Å². The molecule has 2 aromatic heterocycles. The molecule has 3 N–H and O–H groups in total. The second-order valence-corrected chi connectivity index (χ2v) is 5.10. The lowest BCUT2D eigenvalue weighted by atomic mass is 10.2. The molecule has 0 spiro atoms. The quantitative estimate of drug-likeness (QED) is 0.745. The van der Waals surface area contributed by atoms with Gasteiger partial charge in [0.15, 0.2) is 5.69 Å². The van der Waals surface area contributed by atoms with Gasteiger partial charge in [-0.15, -0.1) is 5.10 Å². The van der Waals surface area contributed by atoms with Crippen molar-refractivity contribution in [1.29, 1.82) is 0 Å². The van der Waals surface area contributed by atoms with Gasteiger partial charge in [0.1, 0.15) is 11.0 Å². The maximum atomic E-state index is 12.2. The van der Waals surface area contributed by atoms with E-state index in [-0.39, 0.29) is 5.69 Å². The number of hydrogen-bond donors (Lipinski definition) is 2. The Kier molecular flexibility index (Phi) is 3.78. The number of aromatic nitrogens is 5. The number of benzene rings is 1. The number of anilines is 1. The summed E-state index contributed by atoms with van der Waals surface area (Å²) in [6.45, 7) is 0.909. The van der Waals surface area contributed by atoms with Crippen molar-refractivity contribution in [3.05, 3.63) is 29.0 Å². The molecule has 2 heterocycles. The summed E-state index contributed by atoms with van der Waals surface area (Å²) in [5, 5.41) is 10.7. The molecule has 0 fully saturated rings. The normalized spacial score (nSPS) is 11.0. The van der Waals surface area contributed by atoms with Crippen LogP contribution in [0.15, 0.2) is 18.3 Å². The van der Waals surface area contributed by atoms with Gasteiger partial charge in [0.2, 0.25) is 0 Å². The molecule has 0 bridgehead atoms. The summed E-state index contributed by atoms with van der Waals surface area (Å²) in [4.78, 5) is 12.2. The van der Waals surface area contributed by atoms with E-state index in [2.05, 4.69) is 24.4 Å². The van der Waals surface area contributed by atoms with E-state index in [0.717, 1.165) is 11.7 Å². The molecule has 8 nitrogen and oxygen atoms in total. The summed E-state index contributed by atoms with van der Waals surface area (Å²) < 4.78 is 9.74. The summed E-state index contributed by atoms with van der Waals surface area (Å²) in [7, 11) is 0. The molecule has 0 radical (unpaired) electrons. The molecule has 10 heteroatoms. The summed E-state index contributed by atoms with van der Waals surface area (Å²) in [6, 6.07) is 3.40. The smallest absolute Gasteiger partial charge is 0.277 e. The number of carbonyl (C=O) groups is 1. The van der Waals surface area contributed by atoms with E-state index >= 15 is 0 Å². The SMILES string of the molecule is NCCn1cc(C(=O)Nc2c(Cl)ccc3nsnc23)nn1. The van der Waals surface area contributed by atoms with Crippen LogP contribution in [0, 0.1) is 0 Å². The van der Waals surface area contributed by atoms with E-state index in [9.17, 15) is 4.79 Å². The maximum absolute atomic E-state index is 12.2. The van der Waals surface area contributed by atoms with Crippen molar-refractivity contribution in [3.63, 3.8) is 0 Å². The van der Waals surface area contributed by atoms with Gasteiger partial charge in [-0.25, -0.2) is 0 Å². The Hall–Kier alpha value is -2.10. The van der Waals surface area contributed by atoms with E-state index < -0.39 is 5.91 Å². The van der Waals surface area contributed by atoms with Crippen LogP contribution in [0.4, 0.5) is 5.69 Å². The molecule has 0 aliphatic carbocycles. The first-order chi connectivity index (χ1) is 10.2. The summed E-state index contributed by atoms with van der Waals surface area (Å²) in [5.74, 6) is -0.416. The van der Waals surface area contributed by atoms with Crippen LogP contribution in [-0.2, 0) is 6.54 Å². The Labute approximate surface area is 128 Å². The van der Waals surface area contributed by atoms with Crippen molar-refractivity contribution in [3.8, 4) is 0 Å². The number of rotatable bonds is 4. The molecule has 0 aliphatic rings. The van der Waals surface area contributed by atoms with Gasteiger partial charge in [-0.1, -0.05) is 16.8 Å². The van der Waals surface area contributed by atoms with Gasteiger partial charge in [0, 0.05) is 6.54 Å². The van der Waals surface area contributed by atoms with E-state index in [4.69, 9.17) is 17.3 Å². The Balaban J connectivity index is 1.88. The van der Waals surface area contributed by atoms with Gasteiger partial charge in [0.05, 0.1) is 35.2 Å². The zero-order valence-corrected chi connectivity index (χ0v) is 12.2. The summed E-state index contributed by atoms with van der Waals surface area (Å²) >= 11 is 7.16. The first-order valence-corrected chi connectivity index (χ1v) is 7.12. The number of nitrogens with one attached hydrogen (secondary N) is 1. The molecular weight excluding hydrogens is 314 g/mol. The summed E-state index contributed by atoms with van der Waals surface area (Å²) in [6.07, 6.45) is 1.52. The van der Waals surface area contributed by atoms with Crippen LogP contribution in [0.1, 0.15) is 10.5 Å². The lowest BCUT2D eigenvalue weighted by molar-refractivity contribution is 0.102. The van der Waals surface area contributed by atoms with Crippen molar-refractivity contribution < 1.29 is 4.79 Å². The predicted octanol–water partition coefficient (Wildman–Crippen LogP) is 1.15. The minimum atomic E-state index is -0.416. The van der Waals surface area contributed by atoms with E-state index in [1.54, 1.807) is 12.1 Å². The first-order valence-electron chi connectivity index (χ1n) is 6.01. The van der Waals surface area contributed by atoms with Crippen molar-refractivity contribution >= 4 is 46.0 Å². The number of nitrogens with zero attached hydrogens (tertiary/aromatic N) is 5. The number of halogens is 1. The number of fused-ring (bicyclic) bond motifs is 1. The van der Waals surface area contributed by atoms with E-state index in [1.165, 1.54) is 10.9 Å². The molecule has 0 atom stereocenters. The third kappa shape index (κ3) is 2.71. The van der Waals surface area contributed by atoms with Gasteiger partial charge < -0.3 is 11.1 Å². The highest BCUT2D eigenvalue weighted by molar-refractivity contribution is 7.00. The standard InChI is InChI=1S/C11H10ClN7OS/c12-6-1-2-7-10(17-21-16-7)9(6)14-11(20)8-5-19(4-3-13)18-15-8/h1-2,5H,3-4,13H2,(H,14,20). The predicted molar refractivity (Wildman–Crippen MR) is 79.5 cm³/mol. The molecule has 1 aromatic carbocycles. The van der Waals surface area contributed by atoms with Crippen molar-refractivity contribution in [1.82, 2.24) is 23.7 Å². The molecule has 0 unspecified atom stereocenters. The molecule has 1 amide bonds. The van der Waals surface area contributed by atoms with Gasteiger partial charge in [-0.2, -0.15) is 8.75 Å². The van der Waals surface area contributed by atoms with Gasteiger partial charge in [-0.05, 0) is 12.1 Å². The van der Waals surface area contributed by atoms with Crippen molar-refractivity contribution in [2.75, 3.05) is 11.9 Å². The number of amides is 1. The molecule has 0 saturated heterocycles. The van der Waals surface area contributed by atoms with Crippen LogP contribution in [0.2, 0.25) is 5.02 Å². The van der Waals surface area contributed by atoms with Gasteiger partial charge in [0.25, 0.3) is 5.91 Å². The molecular formula is C11H10ClN7OS. The van der Waals surface area contributed by atoms with Gasteiger partial charge >= 0.3 is 0 Å². The topological polar surface area (TPSA) is 112 Å². The average molecular weight is 324 g/mol. The zero-order chi connectivity index (χ0) is 14.8.